The quantitative estimate of drug-likeness (QED) is 0.810. The maximum absolute atomic E-state index is 12.7. The van der Waals surface area contributed by atoms with E-state index in [2.05, 4.69) is 5.32 Å². The largest absolute Gasteiger partial charge is 0.493 e. The first-order valence-electron chi connectivity index (χ1n) is 8.40. The van der Waals surface area contributed by atoms with Crippen molar-refractivity contribution in [3.05, 3.63) is 59.2 Å². The van der Waals surface area contributed by atoms with E-state index in [1.807, 2.05) is 43.3 Å². The Morgan fingerprint density at radius 1 is 1.04 bits per heavy atom. The predicted molar refractivity (Wildman–Crippen MR) is 97.3 cm³/mol. The summed E-state index contributed by atoms with van der Waals surface area (Å²) in [4.78, 5) is 26.3. The molecule has 2 aromatic rings. The third-order valence-corrected chi connectivity index (χ3v) is 4.56. The van der Waals surface area contributed by atoms with Gasteiger partial charge in [-0.1, -0.05) is 30.3 Å². The van der Waals surface area contributed by atoms with E-state index in [-0.39, 0.29) is 18.5 Å². The molecule has 1 aliphatic heterocycles. The highest BCUT2D eigenvalue weighted by molar-refractivity contribution is 6.04. The van der Waals surface area contributed by atoms with Gasteiger partial charge in [-0.2, -0.15) is 0 Å². The van der Waals surface area contributed by atoms with E-state index in [0.717, 1.165) is 16.7 Å². The zero-order chi connectivity index (χ0) is 18.7. The molecule has 26 heavy (non-hydrogen) atoms. The van der Waals surface area contributed by atoms with Crippen LogP contribution in [0.25, 0.3) is 0 Å². The van der Waals surface area contributed by atoms with Gasteiger partial charge in [0.1, 0.15) is 6.04 Å². The lowest BCUT2D eigenvalue weighted by Gasteiger charge is -2.17. The Bertz CT molecular complexity index is 820. The van der Waals surface area contributed by atoms with Gasteiger partial charge in [-0.25, -0.2) is 4.79 Å². The summed E-state index contributed by atoms with van der Waals surface area (Å²) in [7, 11) is 3.13. The number of aryl methyl sites for hydroxylation is 1. The second-order valence-corrected chi connectivity index (χ2v) is 6.25. The first kappa shape index (κ1) is 17.8. The molecule has 2 aromatic carbocycles. The molecule has 6 nitrogen and oxygen atoms in total. The van der Waals surface area contributed by atoms with E-state index >= 15 is 0 Å². The molecule has 0 aliphatic carbocycles. The van der Waals surface area contributed by atoms with Gasteiger partial charge < -0.3 is 14.8 Å². The molecule has 6 heteroatoms. The van der Waals surface area contributed by atoms with Crippen LogP contribution in [0, 0.1) is 6.92 Å². The first-order chi connectivity index (χ1) is 12.5. The zero-order valence-corrected chi connectivity index (χ0v) is 15.1. The topological polar surface area (TPSA) is 67.9 Å². The average Bonchev–Trinajstić information content (AvgIpc) is 2.91. The molecule has 3 rings (SSSR count). The van der Waals surface area contributed by atoms with Crippen LogP contribution in [0.15, 0.2) is 42.5 Å². The minimum atomic E-state index is -0.537. The molecule has 0 saturated carbocycles. The Balaban J connectivity index is 1.78. The van der Waals surface area contributed by atoms with E-state index in [1.54, 1.807) is 20.3 Å². The van der Waals surface area contributed by atoms with Crippen molar-refractivity contribution in [1.82, 2.24) is 10.2 Å². The summed E-state index contributed by atoms with van der Waals surface area (Å²) in [5, 5.41) is 2.77. The molecule has 0 radical (unpaired) electrons. The van der Waals surface area contributed by atoms with Gasteiger partial charge >= 0.3 is 6.03 Å². The molecule has 1 atom stereocenters. The van der Waals surface area contributed by atoms with Gasteiger partial charge in [-0.3, -0.25) is 9.69 Å². The summed E-state index contributed by atoms with van der Waals surface area (Å²) in [6, 6.07) is 12.4. The lowest BCUT2D eigenvalue weighted by molar-refractivity contribution is -0.127. The highest BCUT2D eigenvalue weighted by Gasteiger charge is 2.38. The standard InChI is InChI=1S/C20H22N2O4/c1-13-9-17(25-2)18(26-3)11-15(13)12-22-19(23)16(21-20(22)24)10-14-7-5-4-6-8-14/h4-9,11,16H,10,12H2,1-3H3,(H,21,24). The molecule has 1 saturated heterocycles. The normalized spacial score (nSPS) is 16.6. The fourth-order valence-corrected chi connectivity index (χ4v) is 3.08. The summed E-state index contributed by atoms with van der Waals surface area (Å²) in [6.45, 7) is 2.11. The van der Waals surface area contributed by atoms with Crippen molar-refractivity contribution in [2.45, 2.75) is 25.9 Å². The van der Waals surface area contributed by atoms with Crippen LogP contribution in [-0.4, -0.2) is 37.1 Å². The van der Waals surface area contributed by atoms with Crippen molar-refractivity contribution in [3.8, 4) is 11.5 Å². The number of carbonyl (C=O) groups is 2. The van der Waals surface area contributed by atoms with Crippen molar-refractivity contribution in [2.75, 3.05) is 14.2 Å². The van der Waals surface area contributed by atoms with Crippen molar-refractivity contribution in [3.63, 3.8) is 0 Å². The summed E-state index contributed by atoms with van der Waals surface area (Å²) >= 11 is 0. The number of carbonyl (C=O) groups excluding carboxylic acids is 2. The van der Waals surface area contributed by atoms with Crippen molar-refractivity contribution >= 4 is 11.9 Å². The van der Waals surface area contributed by atoms with Crippen molar-refractivity contribution < 1.29 is 19.1 Å². The van der Waals surface area contributed by atoms with E-state index in [1.165, 1.54) is 4.90 Å². The SMILES string of the molecule is COc1cc(C)c(CN2C(=O)NC(Cc3ccccc3)C2=O)cc1OC. The maximum atomic E-state index is 12.7. The Morgan fingerprint density at radius 2 is 1.69 bits per heavy atom. The second kappa shape index (κ2) is 7.47. The van der Waals surface area contributed by atoms with Crippen LogP contribution in [-0.2, 0) is 17.8 Å². The maximum Gasteiger partial charge on any atom is 0.325 e. The molecule has 1 aliphatic rings. The van der Waals surface area contributed by atoms with E-state index in [4.69, 9.17) is 9.47 Å². The fraction of sp³-hybridized carbons (Fsp3) is 0.300. The second-order valence-electron chi connectivity index (χ2n) is 6.25. The number of imide groups is 1. The molecule has 3 amide bonds. The van der Waals surface area contributed by atoms with Gasteiger partial charge in [0.15, 0.2) is 11.5 Å². The van der Waals surface area contributed by atoms with Gasteiger partial charge in [0.2, 0.25) is 0 Å². The van der Waals surface area contributed by atoms with Crippen molar-refractivity contribution in [1.29, 1.82) is 0 Å². The van der Waals surface area contributed by atoms with Crippen LogP contribution in [0.2, 0.25) is 0 Å². The number of hydrogen-bond acceptors (Lipinski definition) is 4. The molecular weight excluding hydrogens is 332 g/mol. The molecule has 1 unspecified atom stereocenters. The van der Waals surface area contributed by atoms with Crippen LogP contribution in [0.3, 0.4) is 0 Å². The van der Waals surface area contributed by atoms with Gasteiger partial charge in [-0.15, -0.1) is 0 Å². The Morgan fingerprint density at radius 3 is 2.35 bits per heavy atom. The van der Waals surface area contributed by atoms with Crippen LogP contribution < -0.4 is 14.8 Å². The summed E-state index contributed by atoms with van der Waals surface area (Å²) in [6.07, 6.45) is 0.479. The van der Waals surface area contributed by atoms with Crippen LogP contribution in [0.1, 0.15) is 16.7 Å². The van der Waals surface area contributed by atoms with Gasteiger partial charge in [0, 0.05) is 6.42 Å². The number of urea groups is 1. The number of ether oxygens (including phenoxy) is 2. The number of nitrogens with zero attached hydrogens (tertiary/aromatic N) is 1. The summed E-state index contributed by atoms with van der Waals surface area (Å²) in [5.74, 6) is 0.974. The number of hydrogen-bond donors (Lipinski definition) is 1. The first-order valence-corrected chi connectivity index (χ1v) is 8.40. The third kappa shape index (κ3) is 3.49. The molecule has 1 N–H and O–H groups in total. The minimum Gasteiger partial charge on any atom is -0.493 e. The molecule has 0 aromatic heterocycles. The summed E-state index contributed by atoms with van der Waals surface area (Å²) < 4.78 is 10.6. The Labute approximate surface area is 152 Å². The molecule has 1 heterocycles. The summed E-state index contributed by atoms with van der Waals surface area (Å²) in [5.41, 5.74) is 2.77. The van der Waals surface area contributed by atoms with Crippen LogP contribution in [0.4, 0.5) is 4.79 Å². The van der Waals surface area contributed by atoms with Crippen LogP contribution in [0.5, 0.6) is 11.5 Å². The monoisotopic (exact) mass is 354 g/mol. The van der Waals surface area contributed by atoms with Gasteiger partial charge in [0.05, 0.1) is 20.8 Å². The molecule has 0 spiro atoms. The molecule has 0 bridgehead atoms. The van der Waals surface area contributed by atoms with E-state index < -0.39 is 6.04 Å². The predicted octanol–water partition coefficient (Wildman–Crippen LogP) is 2.68. The molecular formula is C20H22N2O4. The lowest BCUT2D eigenvalue weighted by atomic mass is 10.1. The Kier molecular flexibility index (Phi) is 5.11. The Hall–Kier alpha value is -3.02. The van der Waals surface area contributed by atoms with Crippen LogP contribution >= 0.6 is 0 Å². The number of amides is 3. The number of benzene rings is 2. The lowest BCUT2D eigenvalue weighted by Crippen LogP contribution is -2.32. The average molecular weight is 354 g/mol. The highest BCUT2D eigenvalue weighted by Crippen LogP contribution is 2.31. The van der Waals surface area contributed by atoms with E-state index in [9.17, 15) is 9.59 Å². The zero-order valence-electron chi connectivity index (χ0n) is 15.1. The van der Waals surface area contributed by atoms with Gasteiger partial charge in [-0.05, 0) is 35.7 Å². The smallest absolute Gasteiger partial charge is 0.325 e. The minimum absolute atomic E-state index is 0.197. The number of nitrogens with one attached hydrogen (secondary N) is 1. The highest BCUT2D eigenvalue weighted by atomic mass is 16.5. The third-order valence-electron chi connectivity index (χ3n) is 4.56. The number of methoxy groups -OCH3 is 2. The molecule has 136 valence electrons. The fourth-order valence-electron chi connectivity index (χ4n) is 3.08. The van der Waals surface area contributed by atoms with Gasteiger partial charge in [0.25, 0.3) is 5.91 Å². The molecule has 1 fully saturated rings. The van der Waals surface area contributed by atoms with E-state index in [0.29, 0.717) is 17.9 Å². The number of rotatable bonds is 6. The van der Waals surface area contributed by atoms with Crippen molar-refractivity contribution in [2.24, 2.45) is 0 Å².